The fourth-order valence-corrected chi connectivity index (χ4v) is 3.11. The minimum atomic E-state index is 0.103. The minimum absolute atomic E-state index is 0.103. The van der Waals surface area contributed by atoms with E-state index in [4.69, 9.17) is 4.74 Å². The van der Waals surface area contributed by atoms with Gasteiger partial charge in [-0.25, -0.2) is 4.98 Å². The third kappa shape index (κ3) is 1.59. The Morgan fingerprint density at radius 3 is 2.89 bits per heavy atom. The number of rotatable bonds is 0. The van der Waals surface area contributed by atoms with Gasteiger partial charge in [-0.2, -0.15) is 0 Å². The van der Waals surface area contributed by atoms with E-state index in [1.165, 1.54) is 16.7 Å². The van der Waals surface area contributed by atoms with Gasteiger partial charge < -0.3 is 4.74 Å². The summed E-state index contributed by atoms with van der Waals surface area (Å²) in [5, 5.41) is 0. The molecule has 0 aromatic carbocycles. The van der Waals surface area contributed by atoms with E-state index < -0.39 is 0 Å². The van der Waals surface area contributed by atoms with Crippen LogP contribution in [0.2, 0.25) is 0 Å². The van der Waals surface area contributed by atoms with Crippen LogP contribution >= 0.6 is 0 Å². The van der Waals surface area contributed by atoms with Crippen molar-refractivity contribution >= 4 is 5.57 Å². The maximum atomic E-state index is 5.97. The summed E-state index contributed by atoms with van der Waals surface area (Å²) < 4.78 is 5.97. The number of hydrogen-bond donors (Lipinski definition) is 0. The van der Waals surface area contributed by atoms with Crippen LogP contribution in [-0.2, 0) is 0 Å². The zero-order valence-electron chi connectivity index (χ0n) is 11.3. The molecule has 0 saturated heterocycles. The second-order valence-corrected chi connectivity index (χ2v) is 6.14. The van der Waals surface area contributed by atoms with Gasteiger partial charge in [0, 0.05) is 17.3 Å². The lowest BCUT2D eigenvalue weighted by atomic mass is 9.72. The van der Waals surface area contributed by atoms with Crippen molar-refractivity contribution in [2.24, 2.45) is 5.41 Å². The van der Waals surface area contributed by atoms with Crippen LogP contribution in [0.25, 0.3) is 5.57 Å². The smallest absolute Gasteiger partial charge is 0.221 e. The van der Waals surface area contributed by atoms with Crippen LogP contribution in [-0.4, -0.2) is 11.1 Å². The summed E-state index contributed by atoms with van der Waals surface area (Å²) in [5.41, 5.74) is 5.21. The Bertz CT molecular complexity index is 548. The maximum absolute atomic E-state index is 5.97. The SMILES string of the molecule is C=C1CCC2Oc3ncccc3C2=C1C(C)(C)C. The van der Waals surface area contributed by atoms with Crippen molar-refractivity contribution in [3.63, 3.8) is 0 Å². The Labute approximate surface area is 108 Å². The quantitative estimate of drug-likeness (QED) is 0.685. The van der Waals surface area contributed by atoms with Crippen LogP contribution in [0.3, 0.4) is 0 Å². The van der Waals surface area contributed by atoms with E-state index in [1.807, 2.05) is 6.07 Å². The van der Waals surface area contributed by atoms with Crippen LogP contribution < -0.4 is 4.74 Å². The molecule has 0 N–H and O–H groups in total. The van der Waals surface area contributed by atoms with Crippen molar-refractivity contribution in [3.05, 3.63) is 41.6 Å². The Balaban J connectivity index is 2.26. The standard InChI is InChI=1S/C16H19NO/c1-10-7-8-12-13(14(10)16(2,3)4)11-6-5-9-17-15(11)18-12/h5-6,9,12H,1,7-8H2,2-4H3. The topological polar surface area (TPSA) is 22.1 Å². The highest BCUT2D eigenvalue weighted by molar-refractivity contribution is 5.82. The van der Waals surface area contributed by atoms with E-state index in [9.17, 15) is 0 Å². The van der Waals surface area contributed by atoms with E-state index >= 15 is 0 Å². The van der Waals surface area contributed by atoms with Crippen molar-refractivity contribution < 1.29 is 4.74 Å². The monoisotopic (exact) mass is 241 g/mol. The van der Waals surface area contributed by atoms with Gasteiger partial charge >= 0.3 is 0 Å². The lowest BCUT2D eigenvalue weighted by Crippen LogP contribution is -2.24. The first kappa shape index (κ1) is 11.5. The Morgan fingerprint density at radius 1 is 1.39 bits per heavy atom. The van der Waals surface area contributed by atoms with Crippen molar-refractivity contribution in [2.75, 3.05) is 0 Å². The van der Waals surface area contributed by atoms with Gasteiger partial charge in [0.25, 0.3) is 0 Å². The molecule has 18 heavy (non-hydrogen) atoms. The van der Waals surface area contributed by atoms with Crippen LogP contribution in [0.5, 0.6) is 5.88 Å². The summed E-state index contributed by atoms with van der Waals surface area (Å²) in [4.78, 5) is 4.34. The fourth-order valence-electron chi connectivity index (χ4n) is 3.11. The van der Waals surface area contributed by atoms with Crippen LogP contribution in [0.4, 0.5) is 0 Å². The van der Waals surface area contributed by atoms with Crippen molar-refractivity contribution in [1.29, 1.82) is 0 Å². The Hall–Kier alpha value is -1.57. The highest BCUT2D eigenvalue weighted by atomic mass is 16.5. The van der Waals surface area contributed by atoms with E-state index in [0.29, 0.717) is 0 Å². The normalized spacial score (nSPS) is 22.6. The number of fused-ring (bicyclic) bond motifs is 3. The van der Waals surface area contributed by atoms with Gasteiger partial charge in [-0.15, -0.1) is 0 Å². The minimum Gasteiger partial charge on any atom is -0.469 e. The summed E-state index contributed by atoms with van der Waals surface area (Å²) >= 11 is 0. The molecule has 2 heteroatoms. The molecule has 0 fully saturated rings. The molecule has 0 bridgehead atoms. The van der Waals surface area contributed by atoms with Crippen molar-refractivity contribution in [2.45, 2.75) is 39.7 Å². The average Bonchev–Trinajstić information content (AvgIpc) is 2.66. The van der Waals surface area contributed by atoms with E-state index in [1.54, 1.807) is 6.20 Å². The number of pyridine rings is 1. The van der Waals surface area contributed by atoms with Crippen LogP contribution in [0, 0.1) is 5.41 Å². The molecule has 0 amide bonds. The molecule has 1 aromatic heterocycles. The first-order chi connectivity index (χ1) is 8.48. The van der Waals surface area contributed by atoms with Gasteiger partial charge in [-0.1, -0.05) is 32.9 Å². The summed E-state index contributed by atoms with van der Waals surface area (Å²) in [6.45, 7) is 11.0. The second-order valence-electron chi connectivity index (χ2n) is 6.14. The molecule has 2 aliphatic rings. The zero-order valence-corrected chi connectivity index (χ0v) is 11.3. The largest absolute Gasteiger partial charge is 0.469 e. The first-order valence-corrected chi connectivity index (χ1v) is 6.53. The molecule has 2 heterocycles. The molecule has 0 radical (unpaired) electrons. The number of aromatic nitrogens is 1. The molecule has 1 atom stereocenters. The van der Waals surface area contributed by atoms with Gasteiger partial charge in [-0.3, -0.25) is 0 Å². The third-order valence-corrected chi connectivity index (χ3v) is 3.72. The molecule has 1 aliphatic carbocycles. The van der Waals surface area contributed by atoms with Crippen LogP contribution in [0.1, 0.15) is 39.2 Å². The summed E-state index contributed by atoms with van der Waals surface area (Å²) in [6.07, 6.45) is 4.01. The van der Waals surface area contributed by atoms with Gasteiger partial charge in [0.2, 0.25) is 5.88 Å². The van der Waals surface area contributed by atoms with Gasteiger partial charge in [0.15, 0.2) is 0 Å². The molecular formula is C16H19NO. The summed E-state index contributed by atoms with van der Waals surface area (Å²) in [5.74, 6) is 0.786. The predicted octanol–water partition coefficient (Wildman–Crippen LogP) is 3.99. The maximum Gasteiger partial charge on any atom is 0.221 e. The van der Waals surface area contributed by atoms with Crippen LogP contribution in [0.15, 0.2) is 36.1 Å². The van der Waals surface area contributed by atoms with E-state index in [-0.39, 0.29) is 11.5 Å². The zero-order chi connectivity index (χ0) is 12.9. The van der Waals surface area contributed by atoms with E-state index in [0.717, 1.165) is 24.3 Å². The van der Waals surface area contributed by atoms with E-state index in [2.05, 4.69) is 38.4 Å². The summed E-state index contributed by atoms with van der Waals surface area (Å²) in [7, 11) is 0. The predicted molar refractivity (Wildman–Crippen MR) is 73.4 cm³/mol. The highest BCUT2D eigenvalue weighted by Crippen LogP contribution is 2.49. The second kappa shape index (κ2) is 3.71. The fraction of sp³-hybridized carbons (Fsp3) is 0.438. The lowest BCUT2D eigenvalue weighted by molar-refractivity contribution is 0.249. The van der Waals surface area contributed by atoms with Gasteiger partial charge in [-0.05, 0) is 36.0 Å². The molecule has 3 rings (SSSR count). The first-order valence-electron chi connectivity index (χ1n) is 6.53. The van der Waals surface area contributed by atoms with Gasteiger partial charge in [0.05, 0.1) is 0 Å². The number of allylic oxidation sites excluding steroid dienone is 2. The third-order valence-electron chi connectivity index (χ3n) is 3.72. The highest BCUT2D eigenvalue weighted by Gasteiger charge is 2.38. The number of nitrogens with zero attached hydrogens (tertiary/aromatic N) is 1. The average molecular weight is 241 g/mol. The Morgan fingerprint density at radius 2 is 2.17 bits per heavy atom. The number of hydrogen-bond acceptors (Lipinski definition) is 2. The molecule has 94 valence electrons. The van der Waals surface area contributed by atoms with Gasteiger partial charge in [0.1, 0.15) is 6.10 Å². The summed E-state index contributed by atoms with van der Waals surface area (Å²) in [6, 6.07) is 4.09. The van der Waals surface area contributed by atoms with Crippen molar-refractivity contribution in [3.8, 4) is 5.88 Å². The molecule has 0 spiro atoms. The van der Waals surface area contributed by atoms with Crippen molar-refractivity contribution in [1.82, 2.24) is 4.98 Å². The number of ether oxygens (including phenoxy) is 1. The molecule has 2 nitrogen and oxygen atoms in total. The lowest BCUT2D eigenvalue weighted by Gasteiger charge is -2.33. The molecule has 1 unspecified atom stereocenters. The molecule has 0 saturated carbocycles. The molecular weight excluding hydrogens is 222 g/mol. The Kier molecular flexibility index (Phi) is 2.37. The molecule has 1 aromatic rings. The molecule has 1 aliphatic heterocycles.